The zero-order valence-corrected chi connectivity index (χ0v) is 16.3. The van der Waals surface area contributed by atoms with Crippen LogP contribution in [-0.2, 0) is 12.8 Å². The molecule has 0 aromatic heterocycles. The summed E-state index contributed by atoms with van der Waals surface area (Å²) in [6, 6.07) is 1.45. The average molecular weight is 400 g/mol. The minimum Gasteiger partial charge on any atom is -0.496 e. The number of nitrogens with one attached hydrogen (secondary N) is 1. The smallest absolute Gasteiger partial charge is 0.315 e. The Labute approximate surface area is 166 Å². The number of ether oxygens (including phenoxy) is 5. The van der Waals surface area contributed by atoms with Crippen LogP contribution in [0, 0.1) is 10.1 Å². The van der Waals surface area contributed by atoms with Crippen molar-refractivity contribution in [1.82, 2.24) is 5.32 Å². The van der Waals surface area contributed by atoms with Crippen molar-refractivity contribution >= 4 is 5.69 Å². The molecule has 9 heteroatoms. The topological polar surface area (TPSA) is 101 Å². The molecular weight excluding hydrogens is 380 g/mol. The predicted octanol–water partition coefficient (Wildman–Crippen LogP) is 2.76. The summed E-state index contributed by atoms with van der Waals surface area (Å²) in [6.07, 6.45) is 1.19. The molecule has 1 atom stereocenters. The molecule has 5 rings (SSSR count). The highest BCUT2D eigenvalue weighted by molar-refractivity contribution is 5.92. The SMILES string of the molecule is COc1cc(OC)c([N+](=O)[O-])c2c1-c1c3c(c(OC)c4c1[C@@H](C2)NCC4)OCO3. The van der Waals surface area contributed by atoms with Crippen LogP contribution in [0.3, 0.4) is 0 Å². The van der Waals surface area contributed by atoms with Crippen LogP contribution in [0.15, 0.2) is 6.07 Å². The Hall–Kier alpha value is -3.20. The third-order valence-corrected chi connectivity index (χ3v) is 5.84. The van der Waals surface area contributed by atoms with E-state index in [9.17, 15) is 10.1 Å². The molecule has 2 aliphatic heterocycles. The summed E-state index contributed by atoms with van der Waals surface area (Å²) in [4.78, 5) is 11.6. The molecule has 3 aliphatic rings. The lowest BCUT2D eigenvalue weighted by Crippen LogP contribution is -2.34. The maximum absolute atomic E-state index is 12.0. The molecule has 0 spiro atoms. The molecule has 1 N–H and O–H groups in total. The number of hydrogen-bond donors (Lipinski definition) is 1. The molecule has 0 fully saturated rings. The third kappa shape index (κ3) is 2.30. The van der Waals surface area contributed by atoms with Gasteiger partial charge in [0.2, 0.25) is 18.3 Å². The van der Waals surface area contributed by atoms with E-state index >= 15 is 0 Å². The fourth-order valence-corrected chi connectivity index (χ4v) is 4.78. The van der Waals surface area contributed by atoms with E-state index in [0.717, 1.165) is 29.7 Å². The van der Waals surface area contributed by atoms with E-state index in [1.165, 1.54) is 7.11 Å². The standard InChI is InChI=1S/C20H20N2O7/c1-25-12-7-13(26-2)17(22(23)24)10-6-11-14-9(4-5-21-11)18(27-3)20-19(28-8-29-20)16(14)15(10)12/h7,11,21H,4-6,8H2,1-3H3/t11-/m1/s1. The van der Waals surface area contributed by atoms with Gasteiger partial charge < -0.3 is 29.0 Å². The first-order valence-corrected chi connectivity index (χ1v) is 9.29. The molecule has 152 valence electrons. The largest absolute Gasteiger partial charge is 0.496 e. The molecule has 29 heavy (non-hydrogen) atoms. The van der Waals surface area contributed by atoms with Crippen LogP contribution >= 0.6 is 0 Å². The van der Waals surface area contributed by atoms with Crippen molar-refractivity contribution in [3.63, 3.8) is 0 Å². The monoisotopic (exact) mass is 400 g/mol. The first-order valence-electron chi connectivity index (χ1n) is 9.29. The lowest BCUT2D eigenvalue weighted by Gasteiger charge is -2.36. The van der Waals surface area contributed by atoms with Gasteiger partial charge in [-0.05, 0) is 24.9 Å². The highest BCUT2D eigenvalue weighted by Crippen LogP contribution is 2.60. The number of benzene rings is 2. The minimum absolute atomic E-state index is 0.0497. The molecule has 0 amide bonds. The Bertz CT molecular complexity index is 1050. The number of hydrogen-bond acceptors (Lipinski definition) is 8. The van der Waals surface area contributed by atoms with Gasteiger partial charge in [0.05, 0.1) is 26.3 Å². The fraction of sp³-hybridized carbons (Fsp3) is 0.400. The summed E-state index contributed by atoms with van der Waals surface area (Å²) < 4.78 is 28.2. The maximum atomic E-state index is 12.0. The predicted molar refractivity (Wildman–Crippen MR) is 102 cm³/mol. The Morgan fingerprint density at radius 1 is 1.07 bits per heavy atom. The molecule has 0 bridgehead atoms. The highest BCUT2D eigenvalue weighted by Gasteiger charge is 2.43. The zero-order chi connectivity index (χ0) is 20.3. The van der Waals surface area contributed by atoms with Gasteiger partial charge in [0.15, 0.2) is 11.5 Å². The van der Waals surface area contributed by atoms with Crippen molar-refractivity contribution in [2.24, 2.45) is 0 Å². The van der Waals surface area contributed by atoms with Crippen molar-refractivity contribution in [2.45, 2.75) is 18.9 Å². The van der Waals surface area contributed by atoms with E-state index < -0.39 is 4.92 Å². The van der Waals surface area contributed by atoms with Crippen molar-refractivity contribution in [3.05, 3.63) is 32.9 Å². The maximum Gasteiger partial charge on any atom is 0.315 e. The van der Waals surface area contributed by atoms with Crippen molar-refractivity contribution in [1.29, 1.82) is 0 Å². The molecule has 2 aromatic rings. The van der Waals surface area contributed by atoms with Gasteiger partial charge in [-0.25, -0.2) is 0 Å². The van der Waals surface area contributed by atoms with Gasteiger partial charge in [-0.3, -0.25) is 10.1 Å². The van der Waals surface area contributed by atoms with Crippen LogP contribution in [0.1, 0.15) is 22.7 Å². The third-order valence-electron chi connectivity index (χ3n) is 5.84. The fourth-order valence-electron chi connectivity index (χ4n) is 4.78. The normalized spacial score (nSPS) is 18.0. The van der Waals surface area contributed by atoms with Crippen molar-refractivity contribution in [2.75, 3.05) is 34.7 Å². The molecule has 2 heterocycles. The molecule has 2 aromatic carbocycles. The van der Waals surface area contributed by atoms with Crippen molar-refractivity contribution in [3.8, 4) is 39.9 Å². The molecule has 9 nitrogen and oxygen atoms in total. The Balaban J connectivity index is 1.94. The molecule has 1 aliphatic carbocycles. The summed E-state index contributed by atoms with van der Waals surface area (Å²) in [5.74, 6) is 2.42. The van der Waals surface area contributed by atoms with Crippen LogP contribution in [-0.4, -0.2) is 39.6 Å². The van der Waals surface area contributed by atoms with Crippen LogP contribution in [0.4, 0.5) is 5.69 Å². The zero-order valence-electron chi connectivity index (χ0n) is 16.3. The molecule has 0 saturated heterocycles. The van der Waals surface area contributed by atoms with Crippen molar-refractivity contribution < 1.29 is 28.6 Å². The van der Waals surface area contributed by atoms with Gasteiger partial charge in [-0.15, -0.1) is 0 Å². The number of methoxy groups -OCH3 is 3. The van der Waals surface area contributed by atoms with Crippen LogP contribution < -0.4 is 29.0 Å². The van der Waals surface area contributed by atoms with Gasteiger partial charge in [-0.2, -0.15) is 0 Å². The van der Waals surface area contributed by atoms with Gasteiger partial charge >= 0.3 is 5.69 Å². The second-order valence-corrected chi connectivity index (χ2v) is 7.07. The second-order valence-electron chi connectivity index (χ2n) is 7.07. The Kier molecular flexibility index (Phi) is 3.95. The number of fused-ring (bicyclic) bond motifs is 4. The van der Waals surface area contributed by atoms with E-state index in [1.807, 2.05) is 0 Å². The van der Waals surface area contributed by atoms with Gasteiger partial charge in [0.1, 0.15) is 5.75 Å². The number of nitro groups is 1. The number of nitrogens with zero attached hydrogens (tertiary/aromatic N) is 1. The summed E-state index contributed by atoms with van der Waals surface area (Å²) in [5, 5.41) is 15.4. The average Bonchev–Trinajstić information content (AvgIpc) is 3.21. The van der Waals surface area contributed by atoms with Crippen LogP contribution in [0.25, 0.3) is 11.1 Å². The minimum atomic E-state index is -0.396. The summed E-state index contributed by atoms with van der Waals surface area (Å²) in [6.45, 7) is 0.799. The van der Waals surface area contributed by atoms with Crippen LogP contribution in [0.2, 0.25) is 0 Å². The number of rotatable bonds is 4. The van der Waals surface area contributed by atoms with E-state index in [1.54, 1.807) is 20.3 Å². The molecule has 0 unspecified atom stereocenters. The van der Waals surface area contributed by atoms with E-state index in [2.05, 4.69) is 5.32 Å². The first-order chi connectivity index (χ1) is 14.1. The van der Waals surface area contributed by atoms with E-state index in [0.29, 0.717) is 40.5 Å². The van der Waals surface area contributed by atoms with Gasteiger partial charge in [-0.1, -0.05) is 0 Å². The summed E-state index contributed by atoms with van der Waals surface area (Å²) >= 11 is 0. The van der Waals surface area contributed by atoms with E-state index in [4.69, 9.17) is 23.7 Å². The first kappa shape index (κ1) is 17.9. The number of nitro benzene ring substituents is 1. The lowest BCUT2D eigenvalue weighted by molar-refractivity contribution is -0.386. The van der Waals surface area contributed by atoms with E-state index in [-0.39, 0.29) is 24.3 Å². The second kappa shape index (κ2) is 6.41. The summed E-state index contributed by atoms with van der Waals surface area (Å²) in [7, 11) is 4.57. The van der Waals surface area contributed by atoms with Crippen LogP contribution in [0.5, 0.6) is 28.7 Å². The molecule has 0 radical (unpaired) electrons. The molecular formula is C20H20N2O7. The van der Waals surface area contributed by atoms with Gasteiger partial charge in [0.25, 0.3) is 0 Å². The quantitative estimate of drug-likeness (QED) is 0.618. The summed E-state index contributed by atoms with van der Waals surface area (Å²) in [5.41, 5.74) is 4.01. The lowest BCUT2D eigenvalue weighted by atomic mass is 9.76. The highest BCUT2D eigenvalue weighted by atomic mass is 16.7. The molecule has 0 saturated carbocycles. The Morgan fingerprint density at radius 2 is 1.83 bits per heavy atom. The Morgan fingerprint density at radius 3 is 2.52 bits per heavy atom. The van der Waals surface area contributed by atoms with Gasteiger partial charge in [0, 0.05) is 34.4 Å².